The molecular weight excluding hydrogens is 476 g/mol. The number of aromatic carboxylic acids is 1. The number of nitrogens with one attached hydrogen (secondary N) is 1. The molecule has 2 amide bonds. The van der Waals surface area contributed by atoms with E-state index < -0.39 is 11.5 Å². The number of aromatic nitrogens is 2. The molecule has 2 aliphatic rings. The fourth-order valence-electron chi connectivity index (χ4n) is 3.93. The van der Waals surface area contributed by atoms with Crippen LogP contribution in [0.15, 0.2) is 21.9 Å². The lowest BCUT2D eigenvalue weighted by Crippen LogP contribution is -2.33. The molecule has 0 bridgehead atoms. The maximum atomic E-state index is 13.1. The van der Waals surface area contributed by atoms with Gasteiger partial charge in [0.25, 0.3) is 5.91 Å². The first-order chi connectivity index (χ1) is 16.1. The Morgan fingerprint density at radius 3 is 2.56 bits per heavy atom. The lowest BCUT2D eigenvalue weighted by molar-refractivity contribution is -0.129. The van der Waals surface area contributed by atoms with Crippen LogP contribution in [0.1, 0.15) is 61.4 Å². The highest BCUT2D eigenvalue weighted by atomic mass is 32.1. The van der Waals surface area contributed by atoms with Crippen LogP contribution in [0.2, 0.25) is 0 Å². The van der Waals surface area contributed by atoms with Crippen LogP contribution in [-0.2, 0) is 20.9 Å². The van der Waals surface area contributed by atoms with Crippen LogP contribution < -0.4 is 5.32 Å². The molecule has 0 radical (unpaired) electrons. The second-order valence-corrected chi connectivity index (χ2v) is 10.9. The number of nitrogens with zero attached hydrogens (tertiary/aromatic N) is 3. The minimum Gasteiger partial charge on any atom is -0.476 e. The van der Waals surface area contributed by atoms with Crippen LogP contribution in [0.5, 0.6) is 0 Å². The molecule has 3 heterocycles. The average molecular weight is 503 g/mol. The van der Waals surface area contributed by atoms with Gasteiger partial charge in [0.2, 0.25) is 5.91 Å². The van der Waals surface area contributed by atoms with Crippen molar-refractivity contribution >= 4 is 46.2 Å². The number of carboxylic acids is 1. The largest absolute Gasteiger partial charge is 0.476 e. The Balaban J connectivity index is 1.45. The lowest BCUT2D eigenvalue weighted by Gasteiger charge is -2.19. The van der Waals surface area contributed by atoms with Gasteiger partial charge >= 0.3 is 5.97 Å². The van der Waals surface area contributed by atoms with E-state index >= 15 is 0 Å². The molecule has 1 fully saturated rings. The molecule has 180 valence electrons. The monoisotopic (exact) mass is 502 g/mol. The van der Waals surface area contributed by atoms with Gasteiger partial charge in [0, 0.05) is 24.2 Å². The minimum absolute atomic E-state index is 0.0185. The Bertz CT molecular complexity index is 1190. The van der Waals surface area contributed by atoms with Crippen molar-refractivity contribution in [1.29, 1.82) is 0 Å². The van der Waals surface area contributed by atoms with Crippen molar-refractivity contribution in [1.82, 2.24) is 20.2 Å². The fraction of sp³-hybridized carbons (Fsp3) is 0.478. The summed E-state index contributed by atoms with van der Waals surface area (Å²) >= 11 is 2.56. The van der Waals surface area contributed by atoms with Gasteiger partial charge in [-0.05, 0) is 30.8 Å². The van der Waals surface area contributed by atoms with Crippen molar-refractivity contribution in [2.24, 2.45) is 5.92 Å². The number of Topliss-reactive ketones (excluding diaryl/α,β-unsaturated/α-hetero) is 1. The molecule has 1 aliphatic heterocycles. The van der Waals surface area contributed by atoms with Crippen molar-refractivity contribution in [2.75, 3.05) is 7.05 Å². The summed E-state index contributed by atoms with van der Waals surface area (Å²) in [5.41, 5.74) is 0.822. The van der Waals surface area contributed by atoms with Crippen LogP contribution in [-0.4, -0.2) is 56.1 Å². The zero-order valence-electron chi connectivity index (χ0n) is 19.2. The van der Waals surface area contributed by atoms with Crippen LogP contribution in [0.4, 0.5) is 0 Å². The molecule has 0 aromatic carbocycles. The second-order valence-electron chi connectivity index (χ2n) is 9.14. The molecule has 2 aromatic heterocycles. The number of rotatable bonds is 10. The first-order valence-corrected chi connectivity index (χ1v) is 12.8. The summed E-state index contributed by atoms with van der Waals surface area (Å²) < 4.78 is 0. The summed E-state index contributed by atoms with van der Waals surface area (Å²) in [4.78, 5) is 59.6. The van der Waals surface area contributed by atoms with E-state index in [0.717, 1.165) is 12.8 Å². The number of carbonyl (C=O) groups excluding carboxylic acids is 3. The number of thiazole rings is 2. The number of hydrogen-bond acceptors (Lipinski definition) is 8. The van der Waals surface area contributed by atoms with E-state index in [0.29, 0.717) is 40.0 Å². The number of carbonyl (C=O) groups is 4. The Morgan fingerprint density at radius 1 is 1.21 bits per heavy atom. The maximum Gasteiger partial charge on any atom is 0.355 e. The summed E-state index contributed by atoms with van der Waals surface area (Å²) in [7, 11) is 1.67. The Labute approximate surface area is 204 Å². The standard InChI is InChI=1S/C23H26N4O5S2/c1-12(2)4-5-16(28)19-13(23(6-7-23)26-20(19)30)8-18(29)27(3)9-17-24-14(10-33-17)21-25-15(11-34-21)22(31)32/h10-12H,4-9H2,1-3H3,(H,26,30)(H,31,32). The first-order valence-electron chi connectivity index (χ1n) is 11.1. The molecule has 34 heavy (non-hydrogen) atoms. The molecule has 1 saturated carbocycles. The van der Waals surface area contributed by atoms with E-state index in [4.69, 9.17) is 5.11 Å². The van der Waals surface area contributed by atoms with E-state index in [-0.39, 0.29) is 41.8 Å². The molecule has 1 aliphatic carbocycles. The Morgan fingerprint density at radius 2 is 1.94 bits per heavy atom. The number of ketones is 1. The zero-order chi connectivity index (χ0) is 24.6. The van der Waals surface area contributed by atoms with Crippen molar-refractivity contribution in [2.45, 2.75) is 58.0 Å². The minimum atomic E-state index is -1.09. The quantitative estimate of drug-likeness (QED) is 0.477. The van der Waals surface area contributed by atoms with Crippen LogP contribution in [0.3, 0.4) is 0 Å². The summed E-state index contributed by atoms with van der Waals surface area (Å²) in [6.45, 7) is 4.32. The number of amides is 2. The molecule has 0 atom stereocenters. The summed E-state index contributed by atoms with van der Waals surface area (Å²) in [5, 5.41) is 16.4. The molecule has 0 saturated heterocycles. The third kappa shape index (κ3) is 4.95. The van der Waals surface area contributed by atoms with Gasteiger partial charge in [-0.25, -0.2) is 14.8 Å². The first kappa shape index (κ1) is 24.2. The molecule has 2 aromatic rings. The maximum absolute atomic E-state index is 13.1. The highest BCUT2D eigenvalue weighted by Gasteiger charge is 2.55. The van der Waals surface area contributed by atoms with Crippen molar-refractivity contribution in [3.8, 4) is 10.7 Å². The topological polar surface area (TPSA) is 130 Å². The lowest BCUT2D eigenvalue weighted by atomic mass is 9.93. The van der Waals surface area contributed by atoms with Gasteiger partial charge in [-0.1, -0.05) is 13.8 Å². The number of carboxylic acid groups (broad SMARTS) is 1. The van der Waals surface area contributed by atoms with Crippen molar-refractivity contribution in [3.05, 3.63) is 32.6 Å². The van der Waals surface area contributed by atoms with E-state index in [1.54, 1.807) is 12.4 Å². The fourth-order valence-corrected chi connectivity index (χ4v) is 5.59. The van der Waals surface area contributed by atoms with Gasteiger partial charge in [-0.2, -0.15) is 0 Å². The molecule has 0 unspecified atom stereocenters. The van der Waals surface area contributed by atoms with E-state index in [1.165, 1.54) is 33.0 Å². The second kappa shape index (κ2) is 9.38. The zero-order valence-corrected chi connectivity index (χ0v) is 20.8. The van der Waals surface area contributed by atoms with Gasteiger partial charge in [-0.3, -0.25) is 14.4 Å². The van der Waals surface area contributed by atoms with Gasteiger partial charge < -0.3 is 15.3 Å². The normalized spacial score (nSPS) is 16.3. The molecule has 2 N–H and O–H groups in total. The highest BCUT2D eigenvalue weighted by Crippen LogP contribution is 2.49. The van der Waals surface area contributed by atoms with Gasteiger partial charge in [-0.15, -0.1) is 22.7 Å². The van der Waals surface area contributed by atoms with Crippen molar-refractivity contribution in [3.63, 3.8) is 0 Å². The Hall–Kier alpha value is -2.92. The highest BCUT2D eigenvalue weighted by molar-refractivity contribution is 7.14. The molecular formula is C23H26N4O5S2. The number of hydrogen-bond donors (Lipinski definition) is 2. The SMILES string of the molecule is CC(C)CCC(=O)C1=C(CC(=O)N(C)Cc2nc(-c3nc(C(=O)O)cs3)cs2)C2(CC2)NC1=O. The van der Waals surface area contributed by atoms with Gasteiger partial charge in [0.05, 0.1) is 24.1 Å². The molecule has 1 spiro atoms. The third-order valence-electron chi connectivity index (χ3n) is 6.06. The summed E-state index contributed by atoms with van der Waals surface area (Å²) in [5.74, 6) is -1.47. The van der Waals surface area contributed by atoms with Crippen LogP contribution >= 0.6 is 22.7 Å². The van der Waals surface area contributed by atoms with Crippen LogP contribution in [0.25, 0.3) is 10.7 Å². The van der Waals surface area contributed by atoms with Crippen LogP contribution in [0, 0.1) is 5.92 Å². The smallest absolute Gasteiger partial charge is 0.355 e. The Kier molecular flexibility index (Phi) is 6.68. The summed E-state index contributed by atoms with van der Waals surface area (Å²) in [6.07, 6.45) is 2.50. The predicted molar refractivity (Wildman–Crippen MR) is 127 cm³/mol. The molecule has 9 nitrogen and oxygen atoms in total. The average Bonchev–Trinajstić information content (AvgIpc) is 3.12. The van der Waals surface area contributed by atoms with Crippen molar-refractivity contribution < 1.29 is 24.3 Å². The summed E-state index contributed by atoms with van der Waals surface area (Å²) in [6, 6.07) is 0. The van der Waals surface area contributed by atoms with E-state index in [2.05, 4.69) is 15.3 Å². The van der Waals surface area contributed by atoms with Gasteiger partial charge in [0.15, 0.2) is 11.5 Å². The third-order valence-corrected chi connectivity index (χ3v) is 7.76. The van der Waals surface area contributed by atoms with Gasteiger partial charge in [0.1, 0.15) is 15.7 Å². The molecule has 11 heteroatoms. The predicted octanol–water partition coefficient (Wildman–Crippen LogP) is 3.28. The van der Waals surface area contributed by atoms with E-state index in [9.17, 15) is 19.2 Å². The molecule has 4 rings (SSSR count). The van der Waals surface area contributed by atoms with E-state index in [1.807, 2.05) is 13.8 Å².